The van der Waals surface area contributed by atoms with E-state index in [9.17, 15) is 18.0 Å². The first kappa shape index (κ1) is 35.8. The molecule has 12 heteroatoms. The number of methoxy groups -OCH3 is 1. The molecule has 282 valence electrons. The molecule has 5 atom stereocenters. The van der Waals surface area contributed by atoms with Crippen LogP contribution in [0.3, 0.4) is 0 Å². The van der Waals surface area contributed by atoms with Crippen LogP contribution in [0.5, 0.6) is 0 Å². The summed E-state index contributed by atoms with van der Waals surface area (Å²) >= 11 is 0. The average Bonchev–Trinajstić information content (AvgIpc) is 3.93. The summed E-state index contributed by atoms with van der Waals surface area (Å²) in [5, 5.41) is 5.08. The Hall–Kier alpha value is -4.16. The highest BCUT2D eigenvalue weighted by Gasteiger charge is 2.45. The Morgan fingerprint density at radius 1 is 1.08 bits per heavy atom. The van der Waals surface area contributed by atoms with Crippen LogP contribution in [0.4, 0.5) is 0 Å². The zero-order chi connectivity index (χ0) is 37.2. The Morgan fingerprint density at radius 3 is 2.57 bits per heavy atom. The largest absolute Gasteiger partial charge is 0.497 e. The molecule has 1 aromatic carbocycles. The highest BCUT2D eigenvalue weighted by Crippen LogP contribution is 2.49. The van der Waals surface area contributed by atoms with Crippen LogP contribution in [0.25, 0.3) is 16.5 Å². The number of nitrogens with one attached hydrogen (secondary N) is 1. The summed E-state index contributed by atoms with van der Waals surface area (Å²) in [5.74, 6) is 0.480. The average molecular weight is 741 g/mol. The van der Waals surface area contributed by atoms with Crippen LogP contribution in [0.15, 0.2) is 54.5 Å². The molecule has 5 aliphatic rings. The van der Waals surface area contributed by atoms with Gasteiger partial charge in [-0.2, -0.15) is 5.10 Å². The molecular weight excluding hydrogens is 689 g/mol. The van der Waals surface area contributed by atoms with Crippen molar-refractivity contribution in [3.05, 3.63) is 82.5 Å². The van der Waals surface area contributed by atoms with E-state index in [2.05, 4.69) is 49.3 Å². The molecule has 5 heterocycles. The number of aromatic nitrogens is 3. The number of fused-ring (bicyclic) bond motifs is 7. The summed E-state index contributed by atoms with van der Waals surface area (Å²) < 4.78 is 38.2. The molecule has 3 aromatic rings. The fourth-order valence-corrected chi connectivity index (χ4v) is 10.8. The van der Waals surface area contributed by atoms with Crippen molar-refractivity contribution in [2.75, 3.05) is 26.7 Å². The van der Waals surface area contributed by atoms with Crippen molar-refractivity contribution < 1.29 is 22.7 Å². The van der Waals surface area contributed by atoms with Crippen LogP contribution >= 0.6 is 0 Å². The second-order valence-electron chi connectivity index (χ2n) is 15.7. The first-order valence-electron chi connectivity index (χ1n) is 19.5. The molecule has 3 fully saturated rings. The molecule has 2 aliphatic carbocycles. The molecule has 0 radical (unpaired) electrons. The Morgan fingerprint density at radius 2 is 1.87 bits per heavy atom. The van der Waals surface area contributed by atoms with Crippen molar-refractivity contribution >= 4 is 38.3 Å². The highest BCUT2D eigenvalue weighted by molar-refractivity contribution is 7.90. The summed E-state index contributed by atoms with van der Waals surface area (Å²) in [6.45, 7) is 8.68. The molecule has 0 spiro atoms. The fourth-order valence-electron chi connectivity index (χ4n) is 9.76. The van der Waals surface area contributed by atoms with E-state index >= 15 is 0 Å². The number of hydrogen-bond acceptors (Lipinski definition) is 7. The van der Waals surface area contributed by atoms with E-state index in [1.807, 2.05) is 29.9 Å². The highest BCUT2D eigenvalue weighted by atomic mass is 32.2. The maximum Gasteiger partial charge on any atom is 0.264 e. The Balaban J connectivity index is 1.27. The maximum atomic E-state index is 14.4. The van der Waals surface area contributed by atoms with Crippen molar-refractivity contribution in [2.45, 2.75) is 101 Å². The molecule has 2 amide bonds. The Kier molecular flexibility index (Phi) is 9.41. The van der Waals surface area contributed by atoms with Crippen molar-refractivity contribution in [1.82, 2.24) is 28.9 Å². The van der Waals surface area contributed by atoms with Gasteiger partial charge < -0.3 is 14.2 Å². The second kappa shape index (κ2) is 13.9. The minimum Gasteiger partial charge on any atom is -0.497 e. The van der Waals surface area contributed by atoms with Gasteiger partial charge in [0.15, 0.2) is 0 Å². The molecule has 1 N–H and O–H groups in total. The Bertz CT molecular complexity index is 2150. The van der Waals surface area contributed by atoms with Gasteiger partial charge in [0.2, 0.25) is 10.0 Å². The van der Waals surface area contributed by atoms with E-state index < -0.39 is 21.2 Å². The minimum atomic E-state index is -3.83. The van der Waals surface area contributed by atoms with Gasteiger partial charge in [-0.05, 0) is 80.5 Å². The van der Waals surface area contributed by atoms with E-state index in [-0.39, 0.29) is 23.8 Å². The molecule has 2 aromatic heterocycles. The molecule has 3 aliphatic heterocycles. The second-order valence-corrected chi connectivity index (χ2v) is 17.8. The summed E-state index contributed by atoms with van der Waals surface area (Å²) in [6.07, 6.45) is 17.6. The number of sulfonamides is 1. The number of nitrogens with zero attached hydrogens (tertiary/aromatic N) is 5. The number of amides is 2. The quantitative estimate of drug-likeness (QED) is 0.282. The summed E-state index contributed by atoms with van der Waals surface area (Å²) in [7, 11) is -0.233. The number of aryl methyl sites for hydroxylation is 1. The lowest BCUT2D eigenvalue weighted by Crippen LogP contribution is -2.48. The number of hydrogen-bond donors (Lipinski definition) is 1. The predicted octanol–water partition coefficient (Wildman–Crippen LogP) is 6.10. The van der Waals surface area contributed by atoms with Gasteiger partial charge in [-0.1, -0.05) is 51.3 Å². The molecule has 8 rings (SSSR count). The van der Waals surface area contributed by atoms with Gasteiger partial charge in [0.25, 0.3) is 11.8 Å². The molecular formula is C41H52N6O5S. The monoisotopic (exact) mass is 740 g/mol. The summed E-state index contributed by atoms with van der Waals surface area (Å²) in [6, 6.07) is 6.26. The number of rotatable bonds is 9. The number of allylic oxidation sites excluding steroid dienone is 5. The number of carbonyl (C=O) groups excluding carboxylic acids is 2. The van der Waals surface area contributed by atoms with Crippen molar-refractivity contribution in [2.24, 2.45) is 13.0 Å². The molecule has 11 nitrogen and oxygen atoms in total. The Labute approximate surface area is 312 Å². The van der Waals surface area contributed by atoms with Gasteiger partial charge in [0.05, 0.1) is 29.8 Å². The van der Waals surface area contributed by atoms with E-state index in [1.54, 1.807) is 33.2 Å². The van der Waals surface area contributed by atoms with Crippen LogP contribution in [0, 0.1) is 5.92 Å². The number of ether oxygens (including phenoxy) is 1. The van der Waals surface area contributed by atoms with Crippen LogP contribution in [0.1, 0.15) is 115 Å². The van der Waals surface area contributed by atoms with Gasteiger partial charge in [0, 0.05) is 72.8 Å². The van der Waals surface area contributed by atoms with Crippen molar-refractivity contribution in [3.63, 3.8) is 0 Å². The first-order chi connectivity index (χ1) is 25.5. The zero-order valence-corrected chi connectivity index (χ0v) is 32.4. The van der Waals surface area contributed by atoms with Crippen LogP contribution < -0.4 is 4.72 Å². The van der Waals surface area contributed by atoms with Gasteiger partial charge in [-0.25, -0.2) is 13.1 Å². The summed E-state index contributed by atoms with van der Waals surface area (Å²) in [4.78, 5) is 32.6. The third kappa shape index (κ3) is 6.15. The SMILES string of the molecule is CCC(C)S(=O)(=O)NC(=O)c1ccc2c(C3CCCCC3)c3n(c2c1)CC(c1c(C(=O)N2C[C@@H]4C[C@H]2CN4CC)cnn1C)=CC1C=C(OC)C=CC31. The standard InChI is InChI=1S/C41H52N6O5S/c1-6-25(3)53(50,51)43-40(48)27-13-15-34-36(19-27)47-22-29(38-35(21-42-44(38)4)41(49)46-24-30-20-31(46)23-45(30)7-2)17-28-18-32(52-5)14-16-33(28)39(47)37(34)26-11-9-8-10-12-26/h13-19,21,25-26,28,30-31,33H,6-12,20,22-24H2,1-5H3,(H,43,48)/t25?,28?,30-,31-,33?/m0/s1. The lowest BCUT2D eigenvalue weighted by atomic mass is 9.77. The first-order valence-corrected chi connectivity index (χ1v) is 21.0. The molecule has 2 bridgehead atoms. The molecule has 53 heavy (non-hydrogen) atoms. The summed E-state index contributed by atoms with van der Waals surface area (Å²) in [5.41, 5.74) is 6.10. The smallest absolute Gasteiger partial charge is 0.264 e. The van der Waals surface area contributed by atoms with Gasteiger partial charge in [-0.15, -0.1) is 0 Å². The lowest BCUT2D eigenvalue weighted by molar-refractivity contribution is 0.0630. The lowest BCUT2D eigenvalue weighted by Gasteiger charge is -2.33. The maximum absolute atomic E-state index is 14.4. The van der Waals surface area contributed by atoms with Crippen LogP contribution in [-0.4, -0.2) is 88.5 Å². The number of benzene rings is 1. The van der Waals surface area contributed by atoms with Gasteiger partial charge in [-0.3, -0.25) is 19.2 Å². The topological polar surface area (TPSA) is 119 Å². The zero-order valence-electron chi connectivity index (χ0n) is 31.5. The van der Waals surface area contributed by atoms with Crippen molar-refractivity contribution in [3.8, 4) is 0 Å². The van der Waals surface area contributed by atoms with Crippen LogP contribution in [-0.2, 0) is 28.4 Å². The third-order valence-electron chi connectivity index (χ3n) is 12.8. The van der Waals surface area contributed by atoms with E-state index in [0.717, 1.165) is 66.8 Å². The normalized spacial score (nSPS) is 25.1. The van der Waals surface area contributed by atoms with Crippen LogP contribution in [0.2, 0.25) is 0 Å². The van der Waals surface area contributed by atoms with Crippen molar-refractivity contribution in [1.29, 1.82) is 0 Å². The molecule has 1 saturated carbocycles. The number of piperazine rings is 1. The fraction of sp³-hybridized carbons (Fsp3) is 0.537. The molecule has 2 saturated heterocycles. The van der Waals surface area contributed by atoms with Gasteiger partial charge in [0.1, 0.15) is 5.76 Å². The predicted molar refractivity (Wildman–Crippen MR) is 206 cm³/mol. The number of carbonyl (C=O) groups is 2. The molecule has 3 unspecified atom stereocenters. The number of likely N-dealkylation sites (N-methyl/N-ethyl adjacent to an activating group) is 1. The number of likely N-dealkylation sites (tertiary alicyclic amines) is 2. The van der Waals surface area contributed by atoms with E-state index in [4.69, 9.17) is 4.74 Å². The third-order valence-corrected chi connectivity index (χ3v) is 14.6. The van der Waals surface area contributed by atoms with E-state index in [0.29, 0.717) is 36.1 Å². The van der Waals surface area contributed by atoms with Gasteiger partial charge >= 0.3 is 0 Å². The minimum absolute atomic E-state index is 0.0134. The van der Waals surface area contributed by atoms with E-state index in [1.165, 1.54) is 30.5 Å².